The molecule has 0 spiro atoms. The first-order valence-electron chi connectivity index (χ1n) is 8.61. The minimum Gasteiger partial charge on any atom is -0.223 e. The molecule has 0 aliphatic carbocycles. The van der Waals surface area contributed by atoms with Crippen LogP contribution >= 0.6 is 0 Å². The maximum absolute atomic E-state index is 13.3. The first-order valence-corrected chi connectivity index (χ1v) is 11.6. The van der Waals surface area contributed by atoms with E-state index in [9.17, 15) is 25.6 Å². The summed E-state index contributed by atoms with van der Waals surface area (Å²) < 4.78 is 78.9. The van der Waals surface area contributed by atoms with Gasteiger partial charge in [-0.1, -0.05) is 24.3 Å². The van der Waals surface area contributed by atoms with Gasteiger partial charge in [0.1, 0.15) is 11.6 Å². The molecule has 0 fully saturated rings. The van der Waals surface area contributed by atoms with Crippen LogP contribution in [0, 0.1) is 11.6 Å². The Hall–Kier alpha value is -3.17. The van der Waals surface area contributed by atoms with Gasteiger partial charge in [-0.05, 0) is 60.0 Å². The van der Waals surface area contributed by atoms with Gasteiger partial charge in [0.15, 0.2) is 10.1 Å². The van der Waals surface area contributed by atoms with E-state index in [2.05, 4.69) is 4.98 Å². The molecule has 0 bridgehead atoms. The van der Waals surface area contributed by atoms with Crippen molar-refractivity contribution in [1.29, 1.82) is 0 Å². The Kier molecular flexibility index (Phi) is 4.87. The molecule has 1 heterocycles. The van der Waals surface area contributed by atoms with Crippen LogP contribution in [-0.4, -0.2) is 21.8 Å². The molecule has 4 aromatic rings. The maximum atomic E-state index is 13.3. The lowest BCUT2D eigenvalue weighted by Crippen LogP contribution is -2.11. The molecule has 0 saturated heterocycles. The second-order valence-electron chi connectivity index (χ2n) is 6.40. The molecular weight excluding hydrogens is 432 g/mol. The zero-order valence-corrected chi connectivity index (χ0v) is 16.8. The summed E-state index contributed by atoms with van der Waals surface area (Å²) in [7, 11) is -8.48. The number of fused-ring (bicyclic) bond motifs is 1. The van der Waals surface area contributed by atoms with Gasteiger partial charge in [-0.3, -0.25) is 0 Å². The van der Waals surface area contributed by atoms with Crippen LogP contribution in [-0.2, 0) is 19.7 Å². The van der Waals surface area contributed by atoms with E-state index in [0.717, 1.165) is 48.5 Å². The first-order chi connectivity index (χ1) is 14.2. The molecule has 0 aliphatic heterocycles. The smallest absolute Gasteiger partial charge is 0.223 e. The average Bonchev–Trinajstić information content (AvgIpc) is 2.73. The summed E-state index contributed by atoms with van der Waals surface area (Å²) in [6, 6.07) is 15.9. The van der Waals surface area contributed by atoms with Crippen molar-refractivity contribution < 1.29 is 25.6 Å². The fraction of sp³-hybridized carbons (Fsp3) is 0. The predicted octanol–water partition coefficient (Wildman–Crippen LogP) is 4.18. The Morgan fingerprint density at radius 2 is 1.13 bits per heavy atom. The third-order valence-electron chi connectivity index (χ3n) is 4.46. The second-order valence-corrected chi connectivity index (χ2v) is 10.2. The Labute approximate surface area is 171 Å². The van der Waals surface area contributed by atoms with Gasteiger partial charge in [0, 0.05) is 5.39 Å². The Balaban J connectivity index is 1.99. The molecule has 1 aromatic heterocycles. The minimum absolute atomic E-state index is 0.222. The van der Waals surface area contributed by atoms with Gasteiger partial charge in [-0.25, -0.2) is 30.6 Å². The number of benzene rings is 3. The zero-order chi connectivity index (χ0) is 21.5. The summed E-state index contributed by atoms with van der Waals surface area (Å²) in [5.74, 6) is -1.22. The maximum Gasteiger partial charge on any atom is 0.224 e. The Morgan fingerprint density at radius 1 is 0.633 bits per heavy atom. The summed E-state index contributed by atoms with van der Waals surface area (Å²) >= 11 is 0. The highest BCUT2D eigenvalue weighted by Gasteiger charge is 2.27. The van der Waals surface area contributed by atoms with Gasteiger partial charge in [0.25, 0.3) is 0 Å². The molecule has 4 rings (SSSR count). The van der Waals surface area contributed by atoms with Gasteiger partial charge >= 0.3 is 0 Å². The molecule has 0 unspecified atom stereocenters. The van der Waals surface area contributed by atoms with Crippen LogP contribution in [0.25, 0.3) is 10.8 Å². The van der Waals surface area contributed by atoms with E-state index >= 15 is 0 Å². The third kappa shape index (κ3) is 3.46. The lowest BCUT2D eigenvalue weighted by Gasteiger charge is -2.11. The van der Waals surface area contributed by atoms with Crippen molar-refractivity contribution >= 4 is 30.4 Å². The highest BCUT2D eigenvalue weighted by Crippen LogP contribution is 2.30. The lowest BCUT2D eigenvalue weighted by atomic mass is 10.2. The monoisotopic (exact) mass is 445 g/mol. The van der Waals surface area contributed by atoms with Gasteiger partial charge < -0.3 is 0 Å². The number of pyridine rings is 1. The van der Waals surface area contributed by atoms with Crippen LogP contribution in [0.3, 0.4) is 0 Å². The van der Waals surface area contributed by atoms with Crippen molar-refractivity contribution in [3.05, 3.63) is 90.5 Å². The second kappa shape index (κ2) is 7.26. The predicted molar refractivity (Wildman–Crippen MR) is 105 cm³/mol. The van der Waals surface area contributed by atoms with Crippen LogP contribution in [0.4, 0.5) is 8.78 Å². The van der Waals surface area contributed by atoms with Gasteiger partial charge in [0.2, 0.25) is 19.7 Å². The van der Waals surface area contributed by atoms with Crippen LogP contribution in [0.2, 0.25) is 0 Å². The molecular formula is C21H13F2NO4S2. The standard InChI is InChI=1S/C21H13F2NO4S2/c22-15-5-9-17(10-6-15)29(25,26)20-13-14-3-1-2-4-19(14)21(24-20)30(27,28)18-11-7-16(23)8-12-18/h1-13H. The largest absolute Gasteiger partial charge is 0.224 e. The summed E-state index contributed by atoms with van der Waals surface area (Å²) in [4.78, 5) is 3.53. The van der Waals surface area contributed by atoms with Gasteiger partial charge in [-0.15, -0.1) is 0 Å². The van der Waals surface area contributed by atoms with Gasteiger partial charge in [-0.2, -0.15) is 0 Å². The number of sulfone groups is 2. The Bertz CT molecular complexity index is 1470. The highest BCUT2D eigenvalue weighted by atomic mass is 32.2. The van der Waals surface area contributed by atoms with Crippen LogP contribution in [0.15, 0.2) is 98.7 Å². The molecule has 0 saturated carbocycles. The van der Waals surface area contributed by atoms with E-state index in [0.29, 0.717) is 5.39 Å². The van der Waals surface area contributed by atoms with E-state index in [1.54, 1.807) is 18.2 Å². The van der Waals surface area contributed by atoms with E-state index in [-0.39, 0.29) is 15.2 Å². The van der Waals surface area contributed by atoms with Crippen molar-refractivity contribution in [2.45, 2.75) is 19.8 Å². The van der Waals surface area contributed by atoms with Gasteiger partial charge in [0.05, 0.1) is 9.79 Å². The molecule has 0 amide bonds. The van der Waals surface area contributed by atoms with E-state index in [1.807, 2.05) is 0 Å². The fourth-order valence-corrected chi connectivity index (χ4v) is 5.64. The van der Waals surface area contributed by atoms with Crippen molar-refractivity contribution in [2.24, 2.45) is 0 Å². The number of halogens is 2. The summed E-state index contributed by atoms with van der Waals surface area (Å²) in [6.07, 6.45) is 0. The number of rotatable bonds is 4. The molecule has 30 heavy (non-hydrogen) atoms. The molecule has 0 N–H and O–H groups in total. The molecule has 152 valence electrons. The van der Waals surface area contributed by atoms with Crippen molar-refractivity contribution in [1.82, 2.24) is 4.98 Å². The molecule has 0 atom stereocenters. The van der Waals surface area contributed by atoms with Crippen molar-refractivity contribution in [2.75, 3.05) is 0 Å². The fourth-order valence-electron chi connectivity index (χ4n) is 2.95. The average molecular weight is 445 g/mol. The van der Waals surface area contributed by atoms with E-state index in [4.69, 9.17) is 0 Å². The molecule has 0 radical (unpaired) electrons. The van der Waals surface area contributed by atoms with Crippen LogP contribution < -0.4 is 0 Å². The van der Waals surface area contributed by atoms with E-state index in [1.165, 1.54) is 12.1 Å². The highest BCUT2D eigenvalue weighted by molar-refractivity contribution is 7.92. The summed E-state index contributed by atoms with van der Waals surface area (Å²) in [5, 5.41) is -0.393. The molecule has 0 aliphatic rings. The first kappa shape index (κ1) is 20.1. The number of hydrogen-bond acceptors (Lipinski definition) is 5. The third-order valence-corrected chi connectivity index (χ3v) is 7.83. The van der Waals surface area contributed by atoms with Crippen molar-refractivity contribution in [3.8, 4) is 0 Å². The lowest BCUT2D eigenvalue weighted by molar-refractivity contribution is 0.585. The quantitative estimate of drug-likeness (QED) is 0.440. The molecule has 3 aromatic carbocycles. The zero-order valence-electron chi connectivity index (χ0n) is 15.2. The van der Waals surface area contributed by atoms with Crippen molar-refractivity contribution in [3.63, 3.8) is 0 Å². The number of aromatic nitrogens is 1. The number of hydrogen-bond donors (Lipinski definition) is 0. The summed E-state index contributed by atoms with van der Waals surface area (Å²) in [5.41, 5.74) is 0. The summed E-state index contributed by atoms with van der Waals surface area (Å²) in [6.45, 7) is 0. The topological polar surface area (TPSA) is 81.2 Å². The molecule has 9 heteroatoms. The van der Waals surface area contributed by atoms with Crippen LogP contribution in [0.5, 0.6) is 0 Å². The Morgan fingerprint density at radius 3 is 1.70 bits per heavy atom. The number of nitrogens with zero attached hydrogens (tertiary/aromatic N) is 1. The molecule has 5 nitrogen and oxygen atoms in total. The van der Waals surface area contributed by atoms with Crippen LogP contribution in [0.1, 0.15) is 0 Å². The minimum atomic E-state index is -4.26. The van der Waals surface area contributed by atoms with E-state index < -0.39 is 41.4 Å². The normalized spacial score (nSPS) is 12.2. The SMILES string of the molecule is O=S(=O)(c1ccc(F)cc1)c1cc2ccccc2c(S(=O)(=O)c2ccc(F)cc2)n1.